The molecule has 1 aromatic carbocycles. The summed E-state index contributed by atoms with van der Waals surface area (Å²) in [7, 11) is 1.69. The summed E-state index contributed by atoms with van der Waals surface area (Å²) >= 11 is 5.96. The Morgan fingerprint density at radius 3 is 2.78 bits per heavy atom. The van der Waals surface area contributed by atoms with Gasteiger partial charge in [0.05, 0.1) is 29.4 Å². The molecule has 0 aliphatic carbocycles. The van der Waals surface area contributed by atoms with Crippen molar-refractivity contribution in [3.63, 3.8) is 0 Å². The number of carbonyl (C=O) groups is 1. The smallest absolute Gasteiger partial charge is 0.260 e. The molecule has 2 N–H and O–H groups in total. The van der Waals surface area contributed by atoms with E-state index in [9.17, 15) is 9.18 Å². The molecule has 0 bridgehead atoms. The summed E-state index contributed by atoms with van der Waals surface area (Å²) < 4.78 is 19.1. The molecule has 5 rings (SSSR count). The highest BCUT2D eigenvalue weighted by Crippen LogP contribution is 2.40. The van der Waals surface area contributed by atoms with Crippen LogP contribution < -0.4 is 10.2 Å². The molecule has 0 spiro atoms. The minimum absolute atomic E-state index is 0.00158. The maximum absolute atomic E-state index is 13.7. The van der Waals surface area contributed by atoms with Gasteiger partial charge in [-0.2, -0.15) is 0 Å². The summed E-state index contributed by atoms with van der Waals surface area (Å²) in [5.74, 6) is 0.280. The number of fused-ring (bicyclic) bond motifs is 1. The van der Waals surface area contributed by atoms with Gasteiger partial charge in [0.25, 0.3) is 5.91 Å². The number of benzene rings is 1. The monoisotopic (exact) mass is 524 g/mol. The van der Waals surface area contributed by atoms with E-state index in [1.165, 1.54) is 28.9 Å². The maximum Gasteiger partial charge on any atom is 0.260 e. The first-order valence-corrected chi connectivity index (χ1v) is 12.8. The van der Waals surface area contributed by atoms with Crippen molar-refractivity contribution in [2.75, 3.05) is 50.1 Å². The van der Waals surface area contributed by atoms with Crippen LogP contribution in [-0.4, -0.2) is 65.7 Å². The highest BCUT2D eigenvalue weighted by atomic mass is 35.5. The first-order chi connectivity index (χ1) is 17.8. The van der Waals surface area contributed by atoms with E-state index >= 15 is 0 Å². The lowest BCUT2D eigenvalue weighted by atomic mass is 10.0. The van der Waals surface area contributed by atoms with Crippen LogP contribution in [0.15, 0.2) is 24.5 Å². The van der Waals surface area contributed by atoms with E-state index in [0.29, 0.717) is 28.5 Å². The summed E-state index contributed by atoms with van der Waals surface area (Å²) in [6.45, 7) is 8.78. The van der Waals surface area contributed by atoms with Crippen LogP contribution in [0, 0.1) is 19.7 Å². The van der Waals surface area contributed by atoms with Crippen LogP contribution in [-0.2, 0) is 16.0 Å². The minimum atomic E-state index is -0.506. The number of likely N-dealkylation sites (N-methyl/N-ethyl adjacent to an activating group) is 1. The molecule has 1 fully saturated rings. The topological polar surface area (TPSA) is 86.4 Å². The van der Waals surface area contributed by atoms with Crippen LogP contribution in [0.1, 0.15) is 34.5 Å². The van der Waals surface area contributed by atoms with Crippen molar-refractivity contribution in [2.45, 2.75) is 26.7 Å². The second-order valence-corrected chi connectivity index (χ2v) is 9.83. The molecule has 2 aromatic heterocycles. The van der Waals surface area contributed by atoms with Gasteiger partial charge in [0.2, 0.25) is 0 Å². The molecule has 10 heteroatoms. The quantitative estimate of drug-likeness (QED) is 0.434. The number of H-pyrrole nitrogens is 1. The maximum atomic E-state index is 13.7. The van der Waals surface area contributed by atoms with Crippen LogP contribution in [0.5, 0.6) is 0 Å². The van der Waals surface area contributed by atoms with Crippen LogP contribution in [0.25, 0.3) is 11.6 Å². The fourth-order valence-corrected chi connectivity index (χ4v) is 5.17. The van der Waals surface area contributed by atoms with Gasteiger partial charge in [0.15, 0.2) is 0 Å². The zero-order chi connectivity index (χ0) is 26.1. The highest BCUT2D eigenvalue weighted by Gasteiger charge is 2.34. The Morgan fingerprint density at radius 2 is 2.03 bits per heavy atom. The fraction of sp³-hybridized carbons (Fsp3) is 0.370. The Morgan fingerprint density at radius 1 is 1.24 bits per heavy atom. The number of aryl methyl sites for hydroxylation is 1. The lowest BCUT2D eigenvalue weighted by molar-refractivity contribution is -0.112. The number of carbonyl (C=O) groups excluding carboxylic acids is 1. The Balaban J connectivity index is 1.43. The Labute approximate surface area is 220 Å². The summed E-state index contributed by atoms with van der Waals surface area (Å²) in [4.78, 5) is 29.4. The number of nitrogens with one attached hydrogen (secondary N) is 2. The molecule has 2 aliphatic rings. The zero-order valence-corrected chi connectivity index (χ0v) is 22.0. The number of ether oxygens (including phenoxy) is 1. The summed E-state index contributed by atoms with van der Waals surface area (Å²) in [6, 6.07) is 4.34. The molecule has 2 aliphatic heterocycles. The van der Waals surface area contributed by atoms with Gasteiger partial charge < -0.3 is 15.0 Å². The predicted octanol–water partition coefficient (Wildman–Crippen LogP) is 4.74. The van der Waals surface area contributed by atoms with Gasteiger partial charge in [0.1, 0.15) is 23.8 Å². The zero-order valence-electron chi connectivity index (χ0n) is 21.2. The number of anilines is 3. The van der Waals surface area contributed by atoms with Crippen molar-refractivity contribution < 1.29 is 13.9 Å². The molecule has 8 nitrogen and oxygen atoms in total. The minimum Gasteiger partial charge on any atom is -0.379 e. The molecule has 37 heavy (non-hydrogen) atoms. The van der Waals surface area contributed by atoms with Gasteiger partial charge in [-0.25, -0.2) is 14.4 Å². The molecule has 0 atom stereocenters. The molecule has 1 saturated heterocycles. The first-order valence-electron chi connectivity index (χ1n) is 12.4. The molecule has 4 heterocycles. The molecule has 1 amide bonds. The van der Waals surface area contributed by atoms with E-state index < -0.39 is 5.82 Å². The van der Waals surface area contributed by atoms with E-state index in [2.05, 4.69) is 39.0 Å². The Kier molecular flexibility index (Phi) is 7.28. The van der Waals surface area contributed by atoms with Crippen LogP contribution >= 0.6 is 11.6 Å². The van der Waals surface area contributed by atoms with Gasteiger partial charge in [-0.1, -0.05) is 11.6 Å². The van der Waals surface area contributed by atoms with E-state index in [1.54, 1.807) is 13.1 Å². The van der Waals surface area contributed by atoms with Gasteiger partial charge in [-0.15, -0.1) is 0 Å². The third kappa shape index (κ3) is 5.12. The fourth-order valence-electron chi connectivity index (χ4n) is 4.98. The third-order valence-electron chi connectivity index (χ3n) is 7.06. The van der Waals surface area contributed by atoms with Crippen molar-refractivity contribution in [2.24, 2.45) is 0 Å². The van der Waals surface area contributed by atoms with Crippen molar-refractivity contribution in [3.05, 3.63) is 63.4 Å². The molecule has 3 aromatic rings. The first kappa shape index (κ1) is 25.4. The number of hydrogen-bond donors (Lipinski definition) is 2. The number of amides is 1. The summed E-state index contributed by atoms with van der Waals surface area (Å²) in [6.07, 6.45) is 5.29. The van der Waals surface area contributed by atoms with Crippen molar-refractivity contribution in [3.8, 4) is 0 Å². The number of hydrogen-bond acceptors (Lipinski definition) is 6. The van der Waals surface area contributed by atoms with Gasteiger partial charge in [-0.05, 0) is 68.6 Å². The molecule has 0 saturated carbocycles. The normalized spacial score (nSPS) is 17.1. The van der Waals surface area contributed by atoms with Crippen LogP contribution in [0.4, 0.5) is 21.7 Å². The molecule has 0 unspecified atom stereocenters. The van der Waals surface area contributed by atoms with Crippen LogP contribution in [0.3, 0.4) is 0 Å². The predicted molar refractivity (Wildman–Crippen MR) is 144 cm³/mol. The van der Waals surface area contributed by atoms with Gasteiger partial charge in [-0.3, -0.25) is 14.6 Å². The number of morpholine rings is 1. The third-order valence-corrected chi connectivity index (χ3v) is 7.35. The number of aromatic amines is 1. The average molecular weight is 525 g/mol. The van der Waals surface area contributed by atoms with Crippen molar-refractivity contribution >= 4 is 46.5 Å². The molecular formula is C27H30ClFN6O2. The number of nitrogens with zero attached hydrogens (tertiary/aromatic N) is 4. The van der Waals surface area contributed by atoms with Crippen molar-refractivity contribution in [1.29, 1.82) is 0 Å². The Hall–Kier alpha value is -3.27. The average Bonchev–Trinajstić information content (AvgIpc) is 3.30. The molecule has 194 valence electrons. The lowest BCUT2D eigenvalue weighted by Crippen LogP contribution is -2.36. The van der Waals surface area contributed by atoms with E-state index in [1.807, 2.05) is 6.08 Å². The summed E-state index contributed by atoms with van der Waals surface area (Å²) in [5, 5.41) is 3.17. The van der Waals surface area contributed by atoms with E-state index in [0.717, 1.165) is 62.6 Å². The van der Waals surface area contributed by atoms with Crippen LogP contribution in [0.2, 0.25) is 5.02 Å². The van der Waals surface area contributed by atoms with E-state index in [-0.39, 0.29) is 10.9 Å². The van der Waals surface area contributed by atoms with Gasteiger partial charge in [0, 0.05) is 37.2 Å². The second-order valence-electron chi connectivity index (χ2n) is 9.42. The van der Waals surface area contributed by atoms with Crippen molar-refractivity contribution in [1.82, 2.24) is 19.9 Å². The molecular weight excluding hydrogens is 495 g/mol. The summed E-state index contributed by atoms with van der Waals surface area (Å²) in [5.41, 5.74) is 6.05. The molecule has 0 radical (unpaired) electrons. The SMILES string of the molecule is Cc1[nH]c(C=C2C(=O)N(C)c3ncnc(Nc4ccc(F)c(Cl)c4)c32)c(C)c1CCCN1CCOCC1. The number of rotatable bonds is 7. The number of aromatic nitrogens is 3. The lowest BCUT2D eigenvalue weighted by Gasteiger charge is -2.26. The van der Waals surface area contributed by atoms with E-state index in [4.69, 9.17) is 16.3 Å². The second kappa shape index (κ2) is 10.6. The largest absolute Gasteiger partial charge is 0.379 e. The Bertz CT molecular complexity index is 1370. The standard InChI is InChI=1S/C27H30ClFN6O2/c1-16-19(5-4-8-35-9-11-37-12-10-35)17(2)32-23(16)14-20-24-25(30-15-31-26(24)34(3)27(20)36)33-18-6-7-22(29)21(28)13-18/h6-7,13-15,32H,4-5,8-12H2,1-3H3,(H,30,31,33). The highest BCUT2D eigenvalue weighted by molar-refractivity contribution is 6.36. The number of halogens is 2. The van der Waals surface area contributed by atoms with Gasteiger partial charge >= 0.3 is 0 Å².